The molecule has 0 saturated carbocycles. The van der Waals surface area contributed by atoms with Crippen molar-refractivity contribution in [3.63, 3.8) is 0 Å². The lowest BCUT2D eigenvalue weighted by atomic mass is 11.3. The van der Waals surface area contributed by atoms with Crippen molar-refractivity contribution < 1.29 is 0 Å². The first kappa shape index (κ1) is 22.1. The van der Waals surface area contributed by atoms with Crippen LogP contribution in [0.2, 0.25) is 86.6 Å². The first-order chi connectivity index (χ1) is 8.94. The maximum absolute atomic E-state index is 4.41. The zero-order valence-electron chi connectivity index (χ0n) is 17.0. The van der Waals surface area contributed by atoms with E-state index in [9.17, 15) is 0 Å². The van der Waals surface area contributed by atoms with Crippen LogP contribution in [-0.2, 0) is 0 Å². The van der Waals surface area contributed by atoms with E-state index in [0.717, 1.165) is 8.05 Å². The van der Waals surface area contributed by atoms with E-state index in [4.69, 9.17) is 0 Å². The standard InChI is InChI=1S/2C7H19Si2.C2H3.Al/c2*1-8(2,3)7-9(4,5)6;1-2;/h2*7H,1-6H3;1H,2H2;. The summed E-state index contributed by atoms with van der Waals surface area (Å²) in [5.41, 5.74) is 0. The predicted molar refractivity (Wildman–Crippen MR) is 117 cm³/mol. The molecular weight excluding hydrogens is 332 g/mol. The first-order valence-corrected chi connectivity index (χ1v) is 24.9. The fourth-order valence-electron chi connectivity index (χ4n) is 5.37. The van der Waals surface area contributed by atoms with Gasteiger partial charge in [0.05, 0.1) is 0 Å². The lowest BCUT2D eigenvalue weighted by Crippen LogP contribution is -2.60. The van der Waals surface area contributed by atoms with E-state index in [-0.39, 0.29) is 0 Å². The maximum atomic E-state index is 4.41. The van der Waals surface area contributed by atoms with Crippen molar-refractivity contribution in [3.05, 3.63) is 11.5 Å². The average molecular weight is 373 g/mol. The van der Waals surface area contributed by atoms with Crippen molar-refractivity contribution >= 4 is 46.4 Å². The molecule has 0 radical (unpaired) electrons. The molecule has 0 unspecified atom stereocenters. The summed E-state index contributed by atoms with van der Waals surface area (Å²) in [5.74, 6) is 0. The minimum absolute atomic E-state index is 0.932. The highest BCUT2D eigenvalue weighted by atomic mass is 28.4. The zero-order valence-corrected chi connectivity index (χ0v) is 22.2. The Labute approximate surface area is 144 Å². The lowest BCUT2D eigenvalue weighted by molar-refractivity contribution is 1.31. The van der Waals surface area contributed by atoms with Crippen molar-refractivity contribution in [3.8, 4) is 0 Å². The quantitative estimate of drug-likeness (QED) is 0.450. The van der Waals surface area contributed by atoms with Crippen LogP contribution in [0.3, 0.4) is 0 Å². The lowest BCUT2D eigenvalue weighted by Gasteiger charge is -2.49. The Balaban J connectivity index is 6.10. The Hall–Kier alpha value is 1.14. The van der Waals surface area contributed by atoms with Crippen LogP contribution >= 0.6 is 0 Å². The second-order valence-electron chi connectivity index (χ2n) is 11.2. The summed E-state index contributed by atoms with van der Waals surface area (Å²) in [7, 11) is -4.52. The molecule has 0 heterocycles. The molecule has 0 aromatic heterocycles. The Bertz CT molecular complexity index is 292. The topological polar surface area (TPSA) is 0 Å². The van der Waals surface area contributed by atoms with Crippen LogP contribution in [0, 0.1) is 0 Å². The molecule has 0 aliphatic rings. The first-order valence-electron chi connectivity index (χ1n) is 8.56. The van der Waals surface area contributed by atoms with Gasteiger partial charge < -0.3 is 0 Å². The molecule has 0 saturated heterocycles. The van der Waals surface area contributed by atoms with E-state index in [1.54, 1.807) is 0 Å². The molecule has 0 aliphatic carbocycles. The van der Waals surface area contributed by atoms with E-state index < -0.39 is 46.4 Å². The molecule has 0 nitrogen and oxygen atoms in total. The Morgan fingerprint density at radius 3 is 0.857 bits per heavy atom. The normalized spacial score (nSPS) is 14.8. The third kappa shape index (κ3) is 6.27. The molecule has 0 fully saturated rings. The predicted octanol–water partition coefficient (Wildman–Crippen LogP) is 6.46. The van der Waals surface area contributed by atoms with Crippen LogP contribution in [0.15, 0.2) is 11.5 Å². The number of rotatable bonds is 7. The minimum Gasteiger partial charge on any atom is -0.152 e. The van der Waals surface area contributed by atoms with E-state index in [1.165, 1.54) is 0 Å². The SMILES string of the molecule is C=[CH][Al]([CH]([Si](C)(C)C)[Si](C)(C)C)[CH]([Si](C)(C)C)[Si](C)(C)C. The van der Waals surface area contributed by atoms with Crippen LogP contribution in [-0.4, -0.2) is 46.4 Å². The molecular formula is C16H41AlSi4. The van der Waals surface area contributed by atoms with Gasteiger partial charge in [-0.15, -0.1) is 6.58 Å². The second kappa shape index (κ2) is 6.94. The van der Waals surface area contributed by atoms with Gasteiger partial charge in [0.25, 0.3) is 14.1 Å². The van der Waals surface area contributed by atoms with Crippen molar-refractivity contribution in [2.75, 3.05) is 0 Å². The van der Waals surface area contributed by atoms with Crippen LogP contribution in [0.1, 0.15) is 0 Å². The Morgan fingerprint density at radius 1 is 0.571 bits per heavy atom. The molecule has 21 heavy (non-hydrogen) atoms. The van der Waals surface area contributed by atoms with Gasteiger partial charge in [-0.05, 0) is 0 Å². The monoisotopic (exact) mass is 372 g/mol. The molecule has 0 aliphatic heterocycles. The van der Waals surface area contributed by atoms with Gasteiger partial charge in [0.1, 0.15) is 0 Å². The van der Waals surface area contributed by atoms with Crippen LogP contribution in [0.5, 0.6) is 0 Å². The van der Waals surface area contributed by atoms with E-state index >= 15 is 0 Å². The summed E-state index contributed by atoms with van der Waals surface area (Å²) in [6, 6.07) is 0. The average Bonchev–Trinajstić information content (AvgIpc) is 2.06. The largest absolute Gasteiger partial charge is 0.289 e. The molecule has 0 rings (SSSR count). The Kier molecular flexibility index (Phi) is 7.32. The molecule has 5 heteroatoms. The van der Waals surface area contributed by atoms with E-state index in [0.29, 0.717) is 0 Å². The molecule has 0 N–H and O–H groups in total. The number of hydrogen-bond acceptors (Lipinski definition) is 0. The summed E-state index contributed by atoms with van der Waals surface area (Å²) < 4.78 is 2.18. The van der Waals surface area contributed by atoms with Gasteiger partial charge in [0, 0.05) is 32.3 Å². The van der Waals surface area contributed by atoms with Crippen molar-refractivity contribution in [2.24, 2.45) is 0 Å². The minimum atomic E-state index is -1.13. The van der Waals surface area contributed by atoms with Gasteiger partial charge in [0.15, 0.2) is 0 Å². The van der Waals surface area contributed by atoms with Crippen LogP contribution in [0.25, 0.3) is 0 Å². The van der Waals surface area contributed by atoms with Crippen LogP contribution in [0.4, 0.5) is 0 Å². The van der Waals surface area contributed by atoms with Crippen molar-refractivity contribution in [1.29, 1.82) is 0 Å². The zero-order chi connectivity index (χ0) is 17.4. The van der Waals surface area contributed by atoms with Gasteiger partial charge in [0.2, 0.25) is 0 Å². The highest BCUT2D eigenvalue weighted by Crippen LogP contribution is 2.45. The van der Waals surface area contributed by atoms with E-state index in [2.05, 4.69) is 90.1 Å². The molecule has 0 spiro atoms. The highest BCUT2D eigenvalue weighted by molar-refractivity contribution is 7.18. The molecule has 0 atom stereocenters. The van der Waals surface area contributed by atoms with Crippen LogP contribution < -0.4 is 0 Å². The van der Waals surface area contributed by atoms with Gasteiger partial charge in [-0.25, -0.2) is 0 Å². The molecule has 0 aromatic rings. The molecule has 0 bridgehead atoms. The van der Waals surface area contributed by atoms with Crippen molar-refractivity contribution in [1.82, 2.24) is 0 Å². The summed E-state index contributed by atoms with van der Waals surface area (Å²) >= 11 is -0.932. The highest BCUT2D eigenvalue weighted by Gasteiger charge is 2.53. The van der Waals surface area contributed by atoms with Gasteiger partial charge >= 0.3 is 0 Å². The van der Waals surface area contributed by atoms with Gasteiger partial charge in [-0.3, -0.25) is 0 Å². The Morgan fingerprint density at radius 2 is 0.762 bits per heavy atom. The maximum Gasteiger partial charge on any atom is 0.289 e. The summed E-state index contributed by atoms with van der Waals surface area (Å²) in [6.07, 6.45) is 0. The third-order valence-corrected chi connectivity index (χ3v) is 41.3. The summed E-state index contributed by atoms with van der Waals surface area (Å²) in [4.78, 5) is 2.53. The fraction of sp³-hybridized carbons (Fsp3) is 0.875. The van der Waals surface area contributed by atoms with Gasteiger partial charge in [-0.1, -0.05) is 86.6 Å². The molecule has 0 amide bonds. The summed E-state index contributed by atoms with van der Waals surface area (Å²) in [5, 5.41) is 0. The van der Waals surface area contributed by atoms with Gasteiger partial charge in [-0.2, -0.15) is 4.94 Å². The van der Waals surface area contributed by atoms with Crippen molar-refractivity contribution in [2.45, 2.75) is 86.6 Å². The smallest absolute Gasteiger partial charge is 0.152 e. The second-order valence-corrected chi connectivity index (χ2v) is 39.4. The number of hydrogen-bond donors (Lipinski definition) is 0. The fourth-order valence-corrected chi connectivity index (χ4v) is 51.8. The molecule has 0 aromatic carbocycles. The molecule has 124 valence electrons. The third-order valence-electron chi connectivity index (χ3n) is 4.77. The summed E-state index contributed by atoms with van der Waals surface area (Å²) in [6.45, 7) is 36.0. The van der Waals surface area contributed by atoms with E-state index in [1.807, 2.05) is 0 Å².